The monoisotopic (exact) mass is 244 g/mol. The van der Waals surface area contributed by atoms with E-state index in [2.05, 4.69) is 22.2 Å². The van der Waals surface area contributed by atoms with Crippen molar-refractivity contribution in [2.24, 2.45) is 0 Å². The van der Waals surface area contributed by atoms with Gasteiger partial charge >= 0.3 is 0 Å². The van der Waals surface area contributed by atoms with Crippen LogP contribution in [-0.4, -0.2) is 16.5 Å². The van der Waals surface area contributed by atoms with Crippen molar-refractivity contribution in [3.63, 3.8) is 0 Å². The summed E-state index contributed by atoms with van der Waals surface area (Å²) in [5.74, 6) is 1.78. The Labute approximate surface area is 106 Å². The van der Waals surface area contributed by atoms with Gasteiger partial charge in [0.2, 0.25) is 11.8 Å². The van der Waals surface area contributed by atoms with Crippen molar-refractivity contribution in [1.82, 2.24) is 9.97 Å². The minimum Gasteiger partial charge on any atom is -0.439 e. The molecule has 0 saturated heterocycles. The first kappa shape index (κ1) is 12.2. The molecule has 0 aliphatic heterocycles. The van der Waals surface area contributed by atoms with E-state index in [1.807, 2.05) is 0 Å². The minimum atomic E-state index is 0.508. The molecule has 94 valence electrons. The van der Waals surface area contributed by atoms with Crippen molar-refractivity contribution in [3.05, 3.63) is 36.5 Å². The molecule has 5 nitrogen and oxygen atoms in total. The number of nitrogens with one attached hydrogen (secondary N) is 1. The van der Waals surface area contributed by atoms with Crippen LogP contribution in [0.25, 0.3) is 0 Å². The number of anilines is 2. The van der Waals surface area contributed by atoms with Crippen LogP contribution in [-0.2, 0) is 0 Å². The summed E-state index contributed by atoms with van der Waals surface area (Å²) >= 11 is 0. The summed E-state index contributed by atoms with van der Waals surface area (Å²) in [6, 6.07) is 8.89. The molecule has 0 spiro atoms. The van der Waals surface area contributed by atoms with Gasteiger partial charge in [-0.15, -0.1) is 0 Å². The predicted molar refractivity (Wildman–Crippen MR) is 71.7 cm³/mol. The number of nitrogens with two attached hydrogens (primary N) is 1. The minimum absolute atomic E-state index is 0.508. The molecule has 0 atom stereocenters. The number of nitrogens with zero attached hydrogens (tertiary/aromatic N) is 2. The molecule has 1 aromatic heterocycles. The average molecular weight is 244 g/mol. The van der Waals surface area contributed by atoms with E-state index in [-0.39, 0.29) is 0 Å². The number of nitrogen functional groups attached to an aromatic ring is 1. The van der Waals surface area contributed by atoms with E-state index in [1.165, 1.54) is 0 Å². The maximum Gasteiger partial charge on any atom is 0.225 e. The Bertz CT molecular complexity index is 499. The lowest BCUT2D eigenvalue weighted by molar-refractivity contribution is 0.462. The second-order valence-electron chi connectivity index (χ2n) is 3.82. The second kappa shape index (κ2) is 5.86. The highest BCUT2D eigenvalue weighted by molar-refractivity contribution is 5.42. The third-order valence-electron chi connectivity index (χ3n) is 2.27. The Morgan fingerprint density at radius 2 is 2.00 bits per heavy atom. The van der Waals surface area contributed by atoms with Gasteiger partial charge in [0.1, 0.15) is 5.75 Å². The summed E-state index contributed by atoms with van der Waals surface area (Å²) in [6.45, 7) is 2.92. The maximum atomic E-state index is 5.61. The van der Waals surface area contributed by atoms with E-state index >= 15 is 0 Å². The predicted octanol–water partition coefficient (Wildman–Crippen LogP) is 2.67. The third-order valence-corrected chi connectivity index (χ3v) is 2.27. The fourth-order valence-corrected chi connectivity index (χ4v) is 1.38. The number of hydrogen-bond donors (Lipinski definition) is 2. The average Bonchev–Trinajstić information content (AvgIpc) is 2.40. The first-order valence-electron chi connectivity index (χ1n) is 5.88. The van der Waals surface area contributed by atoms with Crippen LogP contribution in [0.2, 0.25) is 0 Å². The summed E-state index contributed by atoms with van der Waals surface area (Å²) < 4.78 is 5.61. The van der Waals surface area contributed by atoms with Crippen molar-refractivity contribution in [3.8, 4) is 11.6 Å². The molecule has 0 saturated carbocycles. The summed E-state index contributed by atoms with van der Waals surface area (Å²) in [5, 5.41) is 3.11. The Morgan fingerprint density at radius 1 is 1.22 bits per heavy atom. The molecule has 0 aliphatic rings. The molecule has 1 heterocycles. The fraction of sp³-hybridized carbons (Fsp3) is 0.231. The molecule has 3 N–H and O–H groups in total. The van der Waals surface area contributed by atoms with Crippen molar-refractivity contribution >= 4 is 11.6 Å². The number of aromatic nitrogens is 2. The van der Waals surface area contributed by atoms with Gasteiger partial charge in [-0.2, -0.15) is 4.98 Å². The molecule has 1 aromatic carbocycles. The lowest BCUT2D eigenvalue weighted by Gasteiger charge is -2.07. The highest BCUT2D eigenvalue weighted by Crippen LogP contribution is 2.20. The number of rotatable bonds is 5. The van der Waals surface area contributed by atoms with Gasteiger partial charge in [-0.25, -0.2) is 4.98 Å². The quantitative estimate of drug-likeness (QED) is 0.791. The summed E-state index contributed by atoms with van der Waals surface area (Å²) in [6.07, 6.45) is 2.68. The van der Waals surface area contributed by atoms with Crippen LogP contribution < -0.4 is 15.8 Å². The molecule has 0 bridgehead atoms. The number of hydrogen-bond acceptors (Lipinski definition) is 5. The molecule has 0 radical (unpaired) electrons. The van der Waals surface area contributed by atoms with E-state index in [4.69, 9.17) is 10.5 Å². The smallest absolute Gasteiger partial charge is 0.225 e. The molecular formula is C13H16N4O. The molecule has 2 aromatic rings. The van der Waals surface area contributed by atoms with E-state index in [0.29, 0.717) is 23.3 Å². The van der Waals surface area contributed by atoms with Gasteiger partial charge in [-0.05, 0) is 30.7 Å². The standard InChI is InChI=1S/C13H16N4O/c1-2-8-15-13-16-9-7-12(17-13)18-11-5-3-10(14)4-6-11/h3-7,9H,2,8,14H2,1H3,(H,15,16,17). The Kier molecular flexibility index (Phi) is 3.96. The van der Waals surface area contributed by atoms with Gasteiger partial charge in [0.25, 0.3) is 0 Å². The normalized spacial score (nSPS) is 10.1. The molecule has 0 aliphatic carbocycles. The molecular weight excluding hydrogens is 228 g/mol. The highest BCUT2D eigenvalue weighted by atomic mass is 16.5. The van der Waals surface area contributed by atoms with Gasteiger partial charge in [0.05, 0.1) is 0 Å². The van der Waals surface area contributed by atoms with Crippen LogP contribution in [0.15, 0.2) is 36.5 Å². The second-order valence-corrected chi connectivity index (χ2v) is 3.82. The van der Waals surface area contributed by atoms with Crippen molar-refractivity contribution in [2.45, 2.75) is 13.3 Å². The summed E-state index contributed by atoms with van der Waals surface area (Å²) in [5.41, 5.74) is 6.31. The van der Waals surface area contributed by atoms with E-state index in [1.54, 1.807) is 36.5 Å². The first-order valence-corrected chi connectivity index (χ1v) is 5.88. The Balaban J connectivity index is 2.06. The molecule has 2 rings (SSSR count). The van der Waals surface area contributed by atoms with Crippen LogP contribution in [0.1, 0.15) is 13.3 Å². The molecule has 0 fully saturated rings. The lowest BCUT2D eigenvalue weighted by atomic mass is 10.3. The van der Waals surface area contributed by atoms with Gasteiger partial charge in [-0.1, -0.05) is 6.92 Å². The van der Waals surface area contributed by atoms with Gasteiger partial charge in [-0.3, -0.25) is 0 Å². The van der Waals surface area contributed by atoms with Gasteiger partial charge in [0, 0.05) is 24.5 Å². The highest BCUT2D eigenvalue weighted by Gasteiger charge is 2.01. The lowest BCUT2D eigenvalue weighted by Crippen LogP contribution is -2.04. The molecule has 18 heavy (non-hydrogen) atoms. The van der Waals surface area contributed by atoms with Crippen LogP contribution >= 0.6 is 0 Å². The number of benzene rings is 1. The van der Waals surface area contributed by atoms with Crippen LogP contribution in [0.5, 0.6) is 11.6 Å². The van der Waals surface area contributed by atoms with Crippen molar-refractivity contribution in [1.29, 1.82) is 0 Å². The van der Waals surface area contributed by atoms with Crippen molar-refractivity contribution in [2.75, 3.05) is 17.6 Å². The van der Waals surface area contributed by atoms with Crippen LogP contribution in [0.4, 0.5) is 11.6 Å². The zero-order valence-electron chi connectivity index (χ0n) is 10.3. The molecule has 5 heteroatoms. The topological polar surface area (TPSA) is 73.1 Å². The van der Waals surface area contributed by atoms with Crippen LogP contribution in [0.3, 0.4) is 0 Å². The molecule has 0 unspecified atom stereocenters. The zero-order valence-corrected chi connectivity index (χ0v) is 10.3. The summed E-state index contributed by atoms with van der Waals surface area (Å²) in [4.78, 5) is 8.36. The van der Waals surface area contributed by atoms with Crippen LogP contribution in [0, 0.1) is 0 Å². The van der Waals surface area contributed by atoms with E-state index in [0.717, 1.165) is 13.0 Å². The maximum absolute atomic E-state index is 5.61. The fourth-order valence-electron chi connectivity index (χ4n) is 1.38. The summed E-state index contributed by atoms with van der Waals surface area (Å²) in [7, 11) is 0. The Morgan fingerprint density at radius 3 is 2.72 bits per heavy atom. The largest absolute Gasteiger partial charge is 0.439 e. The van der Waals surface area contributed by atoms with E-state index in [9.17, 15) is 0 Å². The van der Waals surface area contributed by atoms with Crippen molar-refractivity contribution < 1.29 is 4.74 Å². The Hall–Kier alpha value is -2.30. The molecule has 0 amide bonds. The third kappa shape index (κ3) is 3.35. The van der Waals surface area contributed by atoms with Gasteiger partial charge < -0.3 is 15.8 Å². The zero-order chi connectivity index (χ0) is 12.8. The first-order chi connectivity index (χ1) is 8.78. The number of ether oxygens (including phenoxy) is 1. The van der Waals surface area contributed by atoms with Gasteiger partial charge in [0.15, 0.2) is 0 Å². The SMILES string of the molecule is CCCNc1nccc(Oc2ccc(N)cc2)n1. The van der Waals surface area contributed by atoms with E-state index < -0.39 is 0 Å².